The second-order valence-corrected chi connectivity index (χ2v) is 4.41. The van der Waals surface area contributed by atoms with Crippen molar-refractivity contribution in [2.24, 2.45) is 11.8 Å². The van der Waals surface area contributed by atoms with E-state index >= 15 is 0 Å². The molecule has 88 valence electrons. The number of amides is 1. The van der Waals surface area contributed by atoms with E-state index in [-0.39, 0.29) is 11.5 Å². The Morgan fingerprint density at radius 3 is 2.50 bits per heavy atom. The van der Waals surface area contributed by atoms with Crippen LogP contribution in [-0.4, -0.2) is 12.5 Å². The summed E-state index contributed by atoms with van der Waals surface area (Å²) in [6, 6.07) is 6.01. The molecule has 0 aliphatic rings. The Labute approximate surface area is 95.9 Å². The van der Waals surface area contributed by atoms with Crippen LogP contribution in [0.1, 0.15) is 31.1 Å². The van der Waals surface area contributed by atoms with Crippen LogP contribution in [0.15, 0.2) is 24.3 Å². The lowest BCUT2D eigenvalue weighted by atomic mass is 9.98. The zero-order valence-electron chi connectivity index (χ0n) is 9.96. The number of nitrogens with one attached hydrogen (secondary N) is 1. The molecular formula is C13H18FNO. The molecule has 3 heteroatoms. The zero-order valence-corrected chi connectivity index (χ0v) is 9.96. The van der Waals surface area contributed by atoms with Gasteiger partial charge in [0.15, 0.2) is 0 Å². The van der Waals surface area contributed by atoms with E-state index in [2.05, 4.69) is 26.1 Å². The van der Waals surface area contributed by atoms with Gasteiger partial charge in [0.25, 0.3) is 5.91 Å². The van der Waals surface area contributed by atoms with Gasteiger partial charge in [0.2, 0.25) is 0 Å². The van der Waals surface area contributed by atoms with E-state index in [4.69, 9.17) is 0 Å². The maximum absolute atomic E-state index is 13.3. The summed E-state index contributed by atoms with van der Waals surface area (Å²) in [5.74, 6) is 0.0689. The minimum absolute atomic E-state index is 0.110. The van der Waals surface area contributed by atoms with Gasteiger partial charge in [-0.15, -0.1) is 0 Å². The van der Waals surface area contributed by atoms with Gasteiger partial charge in [0, 0.05) is 6.54 Å². The molecule has 1 unspecified atom stereocenters. The highest BCUT2D eigenvalue weighted by molar-refractivity contribution is 5.94. The highest BCUT2D eigenvalue weighted by atomic mass is 19.1. The Hall–Kier alpha value is -1.38. The normalized spacial score (nSPS) is 12.6. The van der Waals surface area contributed by atoms with Gasteiger partial charge < -0.3 is 5.32 Å². The molecular weight excluding hydrogens is 205 g/mol. The van der Waals surface area contributed by atoms with Crippen molar-refractivity contribution in [3.05, 3.63) is 35.6 Å². The molecule has 1 N–H and O–H groups in total. The molecule has 0 fully saturated rings. The fourth-order valence-electron chi connectivity index (χ4n) is 1.23. The van der Waals surface area contributed by atoms with E-state index in [0.717, 1.165) is 0 Å². The summed E-state index contributed by atoms with van der Waals surface area (Å²) < 4.78 is 13.3. The minimum atomic E-state index is -0.475. The first-order valence-electron chi connectivity index (χ1n) is 5.55. The predicted molar refractivity (Wildman–Crippen MR) is 62.7 cm³/mol. The summed E-state index contributed by atoms with van der Waals surface area (Å²) in [7, 11) is 0. The summed E-state index contributed by atoms with van der Waals surface area (Å²) in [5.41, 5.74) is 0.110. The van der Waals surface area contributed by atoms with Crippen LogP contribution in [0.2, 0.25) is 0 Å². The van der Waals surface area contributed by atoms with Gasteiger partial charge in [0.1, 0.15) is 5.82 Å². The first-order chi connectivity index (χ1) is 7.52. The molecule has 0 aromatic heterocycles. The molecule has 0 bridgehead atoms. The topological polar surface area (TPSA) is 29.1 Å². The first-order valence-corrected chi connectivity index (χ1v) is 5.55. The van der Waals surface area contributed by atoms with Gasteiger partial charge in [-0.25, -0.2) is 4.39 Å². The van der Waals surface area contributed by atoms with Crippen molar-refractivity contribution in [3.8, 4) is 0 Å². The van der Waals surface area contributed by atoms with Crippen molar-refractivity contribution in [3.63, 3.8) is 0 Å². The number of carbonyl (C=O) groups excluding carboxylic acids is 1. The van der Waals surface area contributed by atoms with Gasteiger partial charge in [-0.05, 0) is 24.0 Å². The number of halogens is 1. The number of carbonyl (C=O) groups is 1. The highest BCUT2D eigenvalue weighted by Gasteiger charge is 2.12. The van der Waals surface area contributed by atoms with Crippen molar-refractivity contribution in [2.45, 2.75) is 20.8 Å². The molecule has 0 aliphatic carbocycles. The number of benzene rings is 1. The van der Waals surface area contributed by atoms with E-state index in [1.54, 1.807) is 12.1 Å². The molecule has 1 rings (SSSR count). The van der Waals surface area contributed by atoms with E-state index in [1.165, 1.54) is 12.1 Å². The Morgan fingerprint density at radius 2 is 1.94 bits per heavy atom. The van der Waals surface area contributed by atoms with Crippen LogP contribution < -0.4 is 5.32 Å². The molecule has 0 aliphatic heterocycles. The molecule has 1 aromatic rings. The van der Waals surface area contributed by atoms with Crippen molar-refractivity contribution >= 4 is 5.91 Å². The smallest absolute Gasteiger partial charge is 0.254 e. The van der Waals surface area contributed by atoms with Gasteiger partial charge in [-0.1, -0.05) is 32.9 Å². The van der Waals surface area contributed by atoms with Gasteiger partial charge in [-0.3, -0.25) is 4.79 Å². The average Bonchev–Trinajstić information content (AvgIpc) is 2.25. The SMILES string of the molecule is CC(C)C(C)CNC(=O)c1ccccc1F. The summed E-state index contributed by atoms with van der Waals surface area (Å²) >= 11 is 0. The third-order valence-corrected chi connectivity index (χ3v) is 2.84. The molecule has 1 aromatic carbocycles. The summed E-state index contributed by atoms with van der Waals surface area (Å²) in [4.78, 5) is 11.6. The summed E-state index contributed by atoms with van der Waals surface area (Å²) in [5, 5.41) is 2.74. The molecule has 0 saturated carbocycles. The van der Waals surface area contributed by atoms with E-state index < -0.39 is 5.82 Å². The Bertz CT molecular complexity index is 363. The van der Waals surface area contributed by atoms with Crippen LogP contribution in [-0.2, 0) is 0 Å². The lowest BCUT2D eigenvalue weighted by Crippen LogP contribution is -2.30. The third-order valence-electron chi connectivity index (χ3n) is 2.84. The second kappa shape index (κ2) is 5.64. The van der Waals surface area contributed by atoms with Crippen molar-refractivity contribution in [1.29, 1.82) is 0 Å². The van der Waals surface area contributed by atoms with Crippen LogP contribution in [0, 0.1) is 17.7 Å². The monoisotopic (exact) mass is 223 g/mol. The van der Waals surface area contributed by atoms with Crippen molar-refractivity contribution in [2.75, 3.05) is 6.54 Å². The van der Waals surface area contributed by atoms with Gasteiger partial charge >= 0.3 is 0 Å². The quantitative estimate of drug-likeness (QED) is 0.835. The highest BCUT2D eigenvalue weighted by Crippen LogP contribution is 2.09. The van der Waals surface area contributed by atoms with Gasteiger partial charge in [0.05, 0.1) is 5.56 Å². The number of hydrogen-bond acceptors (Lipinski definition) is 1. The fraction of sp³-hybridized carbons (Fsp3) is 0.462. The van der Waals surface area contributed by atoms with Crippen LogP contribution >= 0.6 is 0 Å². The Morgan fingerprint density at radius 1 is 1.31 bits per heavy atom. The fourth-order valence-corrected chi connectivity index (χ4v) is 1.23. The second-order valence-electron chi connectivity index (χ2n) is 4.41. The molecule has 0 radical (unpaired) electrons. The van der Waals surface area contributed by atoms with E-state index in [1.807, 2.05) is 0 Å². The van der Waals surface area contributed by atoms with Crippen LogP contribution in [0.5, 0.6) is 0 Å². The van der Waals surface area contributed by atoms with Crippen LogP contribution in [0.3, 0.4) is 0 Å². The lowest BCUT2D eigenvalue weighted by molar-refractivity contribution is 0.0941. The van der Waals surface area contributed by atoms with Crippen molar-refractivity contribution < 1.29 is 9.18 Å². The lowest BCUT2D eigenvalue weighted by Gasteiger charge is -2.16. The number of rotatable bonds is 4. The summed E-state index contributed by atoms with van der Waals surface area (Å²) in [6.07, 6.45) is 0. The predicted octanol–water partition coefficient (Wildman–Crippen LogP) is 2.85. The largest absolute Gasteiger partial charge is 0.352 e. The van der Waals surface area contributed by atoms with Crippen molar-refractivity contribution in [1.82, 2.24) is 5.32 Å². The molecule has 0 heterocycles. The van der Waals surface area contributed by atoms with E-state index in [0.29, 0.717) is 18.4 Å². The molecule has 1 atom stereocenters. The van der Waals surface area contributed by atoms with Crippen LogP contribution in [0.4, 0.5) is 4.39 Å². The molecule has 0 saturated heterocycles. The Balaban J connectivity index is 2.57. The molecule has 16 heavy (non-hydrogen) atoms. The molecule has 0 spiro atoms. The standard InChI is InChI=1S/C13H18FNO/c1-9(2)10(3)8-15-13(16)11-6-4-5-7-12(11)14/h4-7,9-10H,8H2,1-3H3,(H,15,16). The van der Waals surface area contributed by atoms with E-state index in [9.17, 15) is 9.18 Å². The maximum atomic E-state index is 13.3. The molecule has 2 nitrogen and oxygen atoms in total. The van der Waals surface area contributed by atoms with Gasteiger partial charge in [-0.2, -0.15) is 0 Å². The first kappa shape index (κ1) is 12.7. The zero-order chi connectivity index (χ0) is 12.1. The van der Waals surface area contributed by atoms with Crippen LogP contribution in [0.25, 0.3) is 0 Å². The average molecular weight is 223 g/mol. The third kappa shape index (κ3) is 3.33. The minimum Gasteiger partial charge on any atom is -0.352 e. The summed E-state index contributed by atoms with van der Waals surface area (Å²) in [6.45, 7) is 6.83. The maximum Gasteiger partial charge on any atom is 0.254 e. The molecule has 1 amide bonds. The Kier molecular flexibility index (Phi) is 4.47. The number of hydrogen-bond donors (Lipinski definition) is 1.